The van der Waals surface area contributed by atoms with Crippen molar-refractivity contribution in [3.63, 3.8) is 0 Å². The van der Waals surface area contributed by atoms with Crippen molar-refractivity contribution in [2.75, 3.05) is 5.75 Å². The number of nitrogens with two attached hydrogens (primary N) is 3. The molecule has 4 amide bonds. The summed E-state index contributed by atoms with van der Waals surface area (Å²) >= 11 is 3.90. The fourth-order valence-electron chi connectivity index (χ4n) is 1.60. The molecule has 136 valence electrons. The minimum Gasteiger partial charge on any atom is -0.480 e. The van der Waals surface area contributed by atoms with Crippen LogP contribution in [0, 0.1) is 0 Å². The van der Waals surface area contributed by atoms with Gasteiger partial charge in [0, 0.05) is 12.2 Å². The Hall–Kier alpha value is -2.34. The van der Waals surface area contributed by atoms with Gasteiger partial charge in [0.15, 0.2) is 0 Å². The fourth-order valence-corrected chi connectivity index (χ4v) is 1.86. The van der Waals surface area contributed by atoms with Crippen LogP contribution in [0.2, 0.25) is 0 Å². The number of hydrogen-bond donors (Lipinski definition) is 7. The molecule has 0 aliphatic rings. The zero-order chi connectivity index (χ0) is 18.9. The summed E-state index contributed by atoms with van der Waals surface area (Å²) in [5.74, 6) is -4.66. The second-order valence-corrected chi connectivity index (χ2v) is 5.29. The Kier molecular flexibility index (Phi) is 9.42. The zero-order valence-corrected chi connectivity index (χ0v) is 13.6. The Balaban J connectivity index is 4.76. The van der Waals surface area contributed by atoms with Crippen LogP contribution < -0.4 is 27.8 Å². The summed E-state index contributed by atoms with van der Waals surface area (Å²) in [6.07, 6.45) is -0.855. The summed E-state index contributed by atoms with van der Waals surface area (Å²) in [6, 6.07) is -3.79. The van der Waals surface area contributed by atoms with Gasteiger partial charge >= 0.3 is 5.97 Å². The molecule has 0 radical (unpaired) electrons. The van der Waals surface area contributed by atoms with Gasteiger partial charge in [0.05, 0.1) is 12.5 Å². The third kappa shape index (κ3) is 8.33. The van der Waals surface area contributed by atoms with Gasteiger partial charge in [-0.2, -0.15) is 12.6 Å². The van der Waals surface area contributed by atoms with Crippen LogP contribution >= 0.6 is 12.6 Å². The number of amides is 4. The standard InChI is InChI=1S/C12H21N5O6S/c13-5(3-9(15)19)10(20)17-7(4-24)11(21)16-6(12(22)23)1-2-8(14)18/h5-7,24H,1-4,13H2,(H2,14,18)(H2,15,19)(H,16,21)(H,17,20)(H,22,23)/t5-,6-,7-/m0/s1. The molecule has 0 unspecified atom stereocenters. The first-order valence-electron chi connectivity index (χ1n) is 6.85. The first kappa shape index (κ1) is 21.7. The van der Waals surface area contributed by atoms with Crippen LogP contribution in [0.15, 0.2) is 0 Å². The molecular formula is C12H21N5O6S. The number of carboxylic acids is 1. The lowest BCUT2D eigenvalue weighted by Crippen LogP contribution is -2.55. The number of hydrogen-bond acceptors (Lipinski definition) is 7. The average molecular weight is 363 g/mol. The van der Waals surface area contributed by atoms with Crippen molar-refractivity contribution in [1.29, 1.82) is 0 Å². The summed E-state index contributed by atoms with van der Waals surface area (Å²) < 4.78 is 0. The van der Waals surface area contributed by atoms with Crippen molar-refractivity contribution < 1.29 is 29.1 Å². The van der Waals surface area contributed by atoms with Gasteiger partial charge in [-0.1, -0.05) is 0 Å². The van der Waals surface area contributed by atoms with Gasteiger partial charge in [0.25, 0.3) is 0 Å². The highest BCUT2D eigenvalue weighted by Crippen LogP contribution is 2.00. The summed E-state index contributed by atoms with van der Waals surface area (Å²) in [7, 11) is 0. The maximum absolute atomic E-state index is 12.0. The third-order valence-corrected chi connectivity index (χ3v) is 3.23. The average Bonchev–Trinajstić information content (AvgIpc) is 2.47. The lowest BCUT2D eigenvalue weighted by atomic mass is 10.1. The summed E-state index contributed by atoms with van der Waals surface area (Å²) in [5.41, 5.74) is 15.3. The molecule has 12 heteroatoms. The SMILES string of the molecule is NC(=O)CC[C@H](NC(=O)[C@H](CS)NC(=O)[C@@H](N)CC(N)=O)C(=O)O. The molecule has 3 atom stereocenters. The monoisotopic (exact) mass is 363 g/mol. The molecule has 24 heavy (non-hydrogen) atoms. The molecule has 0 aliphatic carbocycles. The van der Waals surface area contributed by atoms with E-state index in [1.54, 1.807) is 0 Å². The van der Waals surface area contributed by atoms with Crippen LogP contribution in [0.4, 0.5) is 0 Å². The van der Waals surface area contributed by atoms with Gasteiger partial charge < -0.3 is 32.9 Å². The van der Waals surface area contributed by atoms with Gasteiger partial charge in [-0.05, 0) is 6.42 Å². The second-order valence-electron chi connectivity index (χ2n) is 4.93. The zero-order valence-electron chi connectivity index (χ0n) is 12.7. The van der Waals surface area contributed by atoms with E-state index in [1.807, 2.05) is 0 Å². The number of carbonyl (C=O) groups is 5. The summed E-state index contributed by atoms with van der Waals surface area (Å²) in [6.45, 7) is 0. The molecule has 0 rings (SSSR count). The molecule has 0 aromatic carbocycles. The number of nitrogens with one attached hydrogen (secondary N) is 2. The van der Waals surface area contributed by atoms with Crippen molar-refractivity contribution in [2.45, 2.75) is 37.4 Å². The van der Waals surface area contributed by atoms with Gasteiger partial charge in [0.2, 0.25) is 23.6 Å². The first-order chi connectivity index (χ1) is 11.1. The van der Waals surface area contributed by atoms with Crippen LogP contribution in [-0.2, 0) is 24.0 Å². The lowest BCUT2D eigenvalue weighted by molar-refractivity contribution is -0.142. The Bertz CT molecular complexity index is 514. The maximum atomic E-state index is 12.0. The molecule has 0 saturated carbocycles. The van der Waals surface area contributed by atoms with E-state index in [0.717, 1.165) is 0 Å². The van der Waals surface area contributed by atoms with Gasteiger partial charge in [-0.3, -0.25) is 19.2 Å². The van der Waals surface area contributed by atoms with Crippen LogP contribution in [-0.4, -0.2) is 58.6 Å². The van der Waals surface area contributed by atoms with E-state index in [9.17, 15) is 24.0 Å². The predicted octanol–water partition coefficient (Wildman–Crippen LogP) is -3.56. The molecule has 0 aromatic heterocycles. The molecule has 0 aliphatic heterocycles. The van der Waals surface area contributed by atoms with Crippen molar-refractivity contribution in [2.24, 2.45) is 17.2 Å². The number of aliphatic carboxylic acids is 1. The van der Waals surface area contributed by atoms with Gasteiger partial charge in [-0.25, -0.2) is 4.79 Å². The quantitative estimate of drug-likeness (QED) is 0.183. The minimum atomic E-state index is -1.36. The Morgan fingerprint density at radius 3 is 1.92 bits per heavy atom. The van der Waals surface area contributed by atoms with E-state index in [1.165, 1.54) is 0 Å². The minimum absolute atomic E-state index is 0.150. The molecule has 9 N–H and O–H groups in total. The highest BCUT2D eigenvalue weighted by atomic mass is 32.1. The molecule has 0 heterocycles. The molecule has 11 nitrogen and oxygen atoms in total. The van der Waals surface area contributed by atoms with E-state index >= 15 is 0 Å². The highest BCUT2D eigenvalue weighted by Gasteiger charge is 2.27. The Morgan fingerprint density at radius 2 is 1.50 bits per heavy atom. The smallest absolute Gasteiger partial charge is 0.326 e. The van der Waals surface area contributed by atoms with Gasteiger partial charge in [-0.15, -0.1) is 0 Å². The summed E-state index contributed by atoms with van der Waals surface area (Å²) in [5, 5.41) is 13.4. The Morgan fingerprint density at radius 1 is 0.958 bits per heavy atom. The number of rotatable bonds is 11. The normalized spacial score (nSPS) is 14.1. The number of carbonyl (C=O) groups excluding carboxylic acids is 4. The van der Waals surface area contributed by atoms with E-state index in [2.05, 4.69) is 23.3 Å². The van der Waals surface area contributed by atoms with Crippen molar-refractivity contribution in [3.05, 3.63) is 0 Å². The van der Waals surface area contributed by atoms with Crippen LogP contribution in [0.3, 0.4) is 0 Å². The molecular weight excluding hydrogens is 342 g/mol. The van der Waals surface area contributed by atoms with E-state index in [0.29, 0.717) is 0 Å². The van der Waals surface area contributed by atoms with Gasteiger partial charge in [0.1, 0.15) is 12.1 Å². The van der Waals surface area contributed by atoms with Crippen LogP contribution in [0.25, 0.3) is 0 Å². The van der Waals surface area contributed by atoms with Crippen molar-refractivity contribution in [3.8, 4) is 0 Å². The number of carboxylic acid groups (broad SMARTS) is 1. The first-order valence-corrected chi connectivity index (χ1v) is 7.48. The lowest BCUT2D eigenvalue weighted by Gasteiger charge is -2.21. The second kappa shape index (κ2) is 10.4. The van der Waals surface area contributed by atoms with E-state index in [4.69, 9.17) is 22.3 Å². The number of primary amides is 2. The molecule has 0 bridgehead atoms. The highest BCUT2D eigenvalue weighted by molar-refractivity contribution is 7.80. The molecule has 0 spiro atoms. The number of thiol groups is 1. The van der Waals surface area contributed by atoms with E-state index < -0.39 is 54.1 Å². The molecule has 0 fully saturated rings. The van der Waals surface area contributed by atoms with Crippen molar-refractivity contribution >= 4 is 42.2 Å². The van der Waals surface area contributed by atoms with E-state index in [-0.39, 0.29) is 18.6 Å². The van der Waals surface area contributed by atoms with Crippen LogP contribution in [0.1, 0.15) is 19.3 Å². The fraction of sp³-hybridized carbons (Fsp3) is 0.583. The van der Waals surface area contributed by atoms with Crippen molar-refractivity contribution in [1.82, 2.24) is 10.6 Å². The maximum Gasteiger partial charge on any atom is 0.326 e. The molecule has 0 saturated heterocycles. The molecule has 0 aromatic rings. The van der Waals surface area contributed by atoms with Crippen LogP contribution in [0.5, 0.6) is 0 Å². The topological polar surface area (TPSA) is 208 Å². The Labute approximate surface area is 143 Å². The summed E-state index contributed by atoms with van der Waals surface area (Å²) in [4.78, 5) is 56.3. The predicted molar refractivity (Wildman–Crippen MR) is 85.6 cm³/mol. The largest absolute Gasteiger partial charge is 0.480 e. The third-order valence-electron chi connectivity index (χ3n) is 2.87.